The van der Waals surface area contributed by atoms with Crippen molar-refractivity contribution >= 4 is 7.60 Å². The fraction of sp³-hybridized carbons (Fsp3) is 1.00. The lowest BCUT2D eigenvalue weighted by molar-refractivity contribution is 0.371. The topological polar surface area (TPSA) is 57.5 Å². The van der Waals surface area contributed by atoms with Crippen molar-refractivity contribution in [2.24, 2.45) is 0 Å². The molecular weight excluding hydrogens is 170 g/mol. The zero-order valence-corrected chi connectivity index (χ0v) is 7.59. The van der Waals surface area contributed by atoms with Gasteiger partial charge >= 0.3 is 7.60 Å². The van der Waals surface area contributed by atoms with Gasteiger partial charge in [0.05, 0.1) is 0 Å². The maximum absolute atomic E-state index is 10.3. The van der Waals surface area contributed by atoms with Crippen molar-refractivity contribution < 1.29 is 19.1 Å². The summed E-state index contributed by atoms with van der Waals surface area (Å²) in [5, 5.41) is 0. The van der Waals surface area contributed by atoms with Crippen LogP contribution in [0.15, 0.2) is 0 Å². The molecule has 0 saturated carbocycles. The molecule has 0 saturated heterocycles. The summed E-state index contributed by atoms with van der Waals surface area (Å²) in [6, 6.07) is 0. The van der Waals surface area contributed by atoms with Crippen molar-refractivity contribution in [3.8, 4) is 0 Å². The largest absolute Gasteiger partial charge is 0.325 e. The van der Waals surface area contributed by atoms with Crippen LogP contribution in [0.25, 0.3) is 0 Å². The molecule has 0 amide bonds. The molecule has 0 aliphatic carbocycles. The van der Waals surface area contributed by atoms with Gasteiger partial charge in [-0.2, -0.15) is 0 Å². The molecule has 0 fully saturated rings. The number of unbranched alkanes of at least 4 members (excludes halogenated alkanes) is 3. The van der Waals surface area contributed by atoms with E-state index in [0.717, 1.165) is 19.3 Å². The molecule has 3 nitrogen and oxygen atoms in total. The molecule has 0 atom stereocenters. The number of halogens is 1. The highest BCUT2D eigenvalue weighted by Gasteiger charge is 2.10. The van der Waals surface area contributed by atoms with Crippen molar-refractivity contribution in [3.05, 3.63) is 0 Å². The first-order valence-corrected chi connectivity index (χ1v) is 5.40. The normalized spacial score (nSPS) is 10.8. The van der Waals surface area contributed by atoms with Crippen LogP contribution in [0.2, 0.25) is 0 Å². The minimum Gasteiger partial charge on any atom is -0.324 e. The smallest absolute Gasteiger partial charge is 0.324 e. The Labute approximate surface area is 66.3 Å². The van der Waals surface area contributed by atoms with Gasteiger partial charge in [-0.05, 0) is 6.42 Å². The average Bonchev–Trinajstić information content (AvgIpc) is 1.78. The van der Waals surface area contributed by atoms with Crippen LogP contribution < -0.4 is 0 Å². The monoisotopic (exact) mass is 186 g/mol. The number of hydrogen-bond donors (Lipinski definition) is 2. The van der Waals surface area contributed by atoms with Gasteiger partial charge in [-0.25, -0.2) is 0 Å². The lowest BCUT2D eigenvalue weighted by atomic mass is 10.2. The maximum atomic E-state index is 10.3. The van der Waals surface area contributed by atoms with Crippen LogP contribution in [0.5, 0.6) is 0 Å². The second-order valence-corrected chi connectivity index (χ2v) is 4.23. The fourth-order valence-corrected chi connectivity index (χ4v) is 1.38. The van der Waals surface area contributed by atoms with E-state index in [-0.39, 0.29) is 10.9 Å². The highest BCUT2D eigenvalue weighted by atomic mass is 31.2. The van der Waals surface area contributed by atoms with E-state index < -0.39 is 7.60 Å². The first-order valence-electron chi connectivity index (χ1n) is 3.61. The molecule has 0 heterocycles. The van der Waals surface area contributed by atoms with Gasteiger partial charge < -0.3 is 9.79 Å². The van der Waals surface area contributed by atoms with Crippen LogP contribution >= 0.6 is 7.60 Å². The summed E-state index contributed by atoms with van der Waals surface area (Å²) < 4.78 is 10.3. The highest BCUT2D eigenvalue weighted by Crippen LogP contribution is 2.35. The van der Waals surface area contributed by atoms with Crippen molar-refractivity contribution in [3.63, 3.8) is 0 Å². The van der Waals surface area contributed by atoms with Gasteiger partial charge in [0.1, 0.15) is 0 Å². The summed E-state index contributed by atoms with van der Waals surface area (Å²) in [6.07, 6.45) is 3.80. The van der Waals surface area contributed by atoms with Crippen molar-refractivity contribution in [2.75, 3.05) is 6.16 Å². The second kappa shape index (κ2) is 6.77. The number of hydrogen-bond acceptors (Lipinski definition) is 1. The predicted octanol–water partition coefficient (Wildman–Crippen LogP) is 1.90. The molecule has 0 rings (SSSR count). The zero-order valence-electron chi connectivity index (χ0n) is 6.69. The molecule has 0 aromatic heterocycles. The van der Waals surface area contributed by atoms with E-state index in [1.165, 1.54) is 0 Å². The predicted molar refractivity (Wildman–Crippen MR) is 43.6 cm³/mol. The molecule has 0 aliphatic rings. The molecule has 0 bridgehead atoms. The SMILES string of the molecule is CCCCCCP(=O)(O)O.F. The van der Waals surface area contributed by atoms with E-state index in [1.807, 2.05) is 0 Å². The minimum absolute atomic E-state index is 0. The third-order valence-electron chi connectivity index (χ3n) is 1.30. The van der Waals surface area contributed by atoms with Crippen LogP contribution in [-0.2, 0) is 4.57 Å². The van der Waals surface area contributed by atoms with Gasteiger partial charge in [-0.15, -0.1) is 0 Å². The lowest BCUT2D eigenvalue weighted by Crippen LogP contribution is -1.87. The fourth-order valence-electron chi connectivity index (χ4n) is 0.745. The standard InChI is InChI=1S/C6H15O3P.FH/c1-2-3-4-5-6-10(7,8)9;/h2-6H2,1H3,(H2,7,8,9);1H. The quantitative estimate of drug-likeness (QED) is 0.509. The van der Waals surface area contributed by atoms with Gasteiger partial charge in [0.15, 0.2) is 0 Å². The Bertz CT molecular complexity index is 123. The van der Waals surface area contributed by atoms with Gasteiger partial charge in [-0.3, -0.25) is 9.27 Å². The Balaban J connectivity index is 0. The third-order valence-corrected chi connectivity index (χ3v) is 2.20. The van der Waals surface area contributed by atoms with E-state index in [9.17, 15) is 4.57 Å². The molecule has 0 radical (unpaired) electrons. The summed E-state index contributed by atoms with van der Waals surface area (Å²) in [6.45, 7) is 2.07. The highest BCUT2D eigenvalue weighted by molar-refractivity contribution is 7.51. The molecule has 0 spiro atoms. The molecule has 2 N–H and O–H groups in total. The summed E-state index contributed by atoms with van der Waals surface area (Å²) in [5.74, 6) is 0. The van der Waals surface area contributed by atoms with Gasteiger partial charge in [0.2, 0.25) is 0 Å². The van der Waals surface area contributed by atoms with Crippen LogP contribution in [-0.4, -0.2) is 15.9 Å². The molecular formula is C6H16FO3P. The minimum atomic E-state index is -3.71. The Kier molecular flexibility index (Phi) is 8.40. The third kappa shape index (κ3) is 13.1. The van der Waals surface area contributed by atoms with E-state index in [4.69, 9.17) is 9.79 Å². The van der Waals surface area contributed by atoms with E-state index >= 15 is 0 Å². The molecule has 70 valence electrons. The molecule has 0 unspecified atom stereocenters. The molecule has 5 heteroatoms. The molecule has 11 heavy (non-hydrogen) atoms. The van der Waals surface area contributed by atoms with Crippen LogP contribution in [0.4, 0.5) is 4.70 Å². The molecule has 0 aromatic carbocycles. The average molecular weight is 186 g/mol. The van der Waals surface area contributed by atoms with Crippen LogP contribution in [0.1, 0.15) is 32.6 Å². The zero-order chi connectivity index (χ0) is 8.04. The van der Waals surface area contributed by atoms with Crippen LogP contribution in [0.3, 0.4) is 0 Å². The Morgan fingerprint density at radius 2 is 1.73 bits per heavy atom. The first kappa shape index (κ1) is 13.7. The summed E-state index contributed by atoms with van der Waals surface area (Å²) in [7, 11) is -3.71. The summed E-state index contributed by atoms with van der Waals surface area (Å²) >= 11 is 0. The van der Waals surface area contributed by atoms with Gasteiger partial charge in [0.25, 0.3) is 0 Å². The van der Waals surface area contributed by atoms with Crippen molar-refractivity contribution in [2.45, 2.75) is 32.6 Å². The lowest BCUT2D eigenvalue weighted by Gasteiger charge is -2.01. The Morgan fingerprint density at radius 3 is 2.09 bits per heavy atom. The second-order valence-electron chi connectivity index (χ2n) is 2.45. The van der Waals surface area contributed by atoms with Gasteiger partial charge in [-0.1, -0.05) is 26.2 Å². The van der Waals surface area contributed by atoms with Crippen molar-refractivity contribution in [1.82, 2.24) is 0 Å². The van der Waals surface area contributed by atoms with Crippen LogP contribution in [0, 0.1) is 0 Å². The van der Waals surface area contributed by atoms with E-state index in [2.05, 4.69) is 6.92 Å². The van der Waals surface area contributed by atoms with Crippen molar-refractivity contribution in [1.29, 1.82) is 0 Å². The van der Waals surface area contributed by atoms with E-state index in [1.54, 1.807) is 0 Å². The first-order chi connectivity index (χ1) is 4.56. The van der Waals surface area contributed by atoms with E-state index in [0.29, 0.717) is 6.42 Å². The maximum Gasteiger partial charge on any atom is 0.325 e. The molecule has 0 aliphatic heterocycles. The Hall–Kier alpha value is 0.0800. The molecule has 0 aromatic rings. The van der Waals surface area contributed by atoms with Gasteiger partial charge in [0, 0.05) is 6.16 Å². The Morgan fingerprint density at radius 1 is 1.18 bits per heavy atom. The summed E-state index contributed by atoms with van der Waals surface area (Å²) in [5.41, 5.74) is 0. The summed E-state index contributed by atoms with van der Waals surface area (Å²) in [4.78, 5) is 16.9. The number of rotatable bonds is 5.